The topological polar surface area (TPSA) is 12.5 Å². The molecule has 1 aliphatic heterocycles. The molecule has 4 fully saturated rings. The minimum absolute atomic E-state index is 0.721. The number of hydrogen-bond acceptors (Lipinski definition) is 1. The molecular weight excluding hydrogens is 136 g/mol. The maximum absolute atomic E-state index is 5.69. The summed E-state index contributed by atoms with van der Waals surface area (Å²) in [5.41, 5.74) is 0.834. The van der Waals surface area contributed by atoms with Gasteiger partial charge in [0, 0.05) is 0 Å². The number of rotatable bonds is 0. The Balaban J connectivity index is 1.78. The molecule has 3 aliphatic carbocycles. The molecule has 3 saturated carbocycles. The fourth-order valence-electron chi connectivity index (χ4n) is 3.84. The van der Waals surface area contributed by atoms with E-state index < -0.39 is 0 Å². The minimum atomic E-state index is 0.721. The highest BCUT2D eigenvalue weighted by Gasteiger charge is 2.66. The second-order valence-electron chi connectivity index (χ2n) is 5.15. The van der Waals surface area contributed by atoms with Crippen molar-refractivity contribution in [1.29, 1.82) is 0 Å². The van der Waals surface area contributed by atoms with Crippen LogP contribution >= 0.6 is 0 Å². The summed E-state index contributed by atoms with van der Waals surface area (Å²) in [7, 11) is 0. The van der Waals surface area contributed by atoms with Crippen LogP contribution in [0.4, 0.5) is 0 Å². The molecule has 2 bridgehead atoms. The van der Waals surface area contributed by atoms with Gasteiger partial charge in [-0.25, -0.2) is 0 Å². The lowest BCUT2D eigenvalue weighted by Crippen LogP contribution is -2.19. The Morgan fingerprint density at radius 1 is 1.18 bits per heavy atom. The van der Waals surface area contributed by atoms with E-state index in [4.69, 9.17) is 4.74 Å². The fourth-order valence-corrected chi connectivity index (χ4v) is 3.84. The van der Waals surface area contributed by atoms with E-state index in [1.54, 1.807) is 6.42 Å². The molecule has 1 nitrogen and oxygen atoms in total. The van der Waals surface area contributed by atoms with Crippen molar-refractivity contribution in [2.75, 3.05) is 0 Å². The lowest BCUT2D eigenvalue weighted by atomic mass is 9.86. The highest BCUT2D eigenvalue weighted by Crippen LogP contribution is 2.70. The van der Waals surface area contributed by atoms with Gasteiger partial charge in [-0.1, -0.05) is 0 Å². The minimum Gasteiger partial charge on any atom is -0.369 e. The van der Waals surface area contributed by atoms with Crippen LogP contribution in [0.25, 0.3) is 0 Å². The molecule has 4 aliphatic rings. The molecule has 0 aromatic heterocycles. The standard InChI is InChI=1S/C10H14O/c1-2-10(1)5-6-3-7(10)9-8(4-6)11-9/h6-9H,1-5H2/t6?,7?,8-,9?/m1/s1. The molecule has 60 valence electrons. The molecule has 3 unspecified atom stereocenters. The molecule has 0 N–H and O–H groups in total. The van der Waals surface area contributed by atoms with Crippen molar-refractivity contribution in [2.24, 2.45) is 17.3 Å². The van der Waals surface area contributed by atoms with Crippen molar-refractivity contribution in [1.82, 2.24) is 0 Å². The summed E-state index contributed by atoms with van der Waals surface area (Å²) in [5.74, 6) is 2.07. The summed E-state index contributed by atoms with van der Waals surface area (Å²) in [6, 6.07) is 0. The van der Waals surface area contributed by atoms with E-state index in [-0.39, 0.29) is 0 Å². The number of hydrogen-bond donors (Lipinski definition) is 0. The van der Waals surface area contributed by atoms with Gasteiger partial charge >= 0.3 is 0 Å². The van der Waals surface area contributed by atoms with Crippen LogP contribution in [0.5, 0.6) is 0 Å². The van der Waals surface area contributed by atoms with Crippen LogP contribution in [0, 0.1) is 17.3 Å². The van der Waals surface area contributed by atoms with Crippen LogP contribution in [-0.2, 0) is 4.74 Å². The lowest BCUT2D eigenvalue weighted by molar-refractivity contribution is 0.259. The second kappa shape index (κ2) is 1.39. The average Bonchev–Trinajstić information content (AvgIpc) is 2.77. The predicted molar refractivity (Wildman–Crippen MR) is 41.2 cm³/mol. The summed E-state index contributed by atoms with van der Waals surface area (Å²) in [4.78, 5) is 0. The van der Waals surface area contributed by atoms with E-state index in [2.05, 4.69) is 0 Å². The highest BCUT2D eigenvalue weighted by molar-refractivity contribution is 5.15. The molecule has 1 saturated heterocycles. The number of epoxide rings is 1. The Morgan fingerprint density at radius 3 is 2.91 bits per heavy atom. The third-order valence-electron chi connectivity index (χ3n) is 4.55. The van der Waals surface area contributed by atoms with Crippen molar-refractivity contribution < 1.29 is 4.74 Å². The number of ether oxygens (including phenoxy) is 1. The van der Waals surface area contributed by atoms with Gasteiger partial charge in [-0.3, -0.25) is 0 Å². The average molecular weight is 150 g/mol. The van der Waals surface area contributed by atoms with Crippen LogP contribution in [0.3, 0.4) is 0 Å². The van der Waals surface area contributed by atoms with Crippen LogP contribution in [0.15, 0.2) is 0 Å². The first kappa shape index (κ1) is 5.58. The normalized spacial score (nSPS) is 61.1. The zero-order chi connectivity index (χ0) is 7.05. The first-order valence-electron chi connectivity index (χ1n) is 5.03. The Hall–Kier alpha value is -0.0400. The van der Waals surface area contributed by atoms with Crippen molar-refractivity contribution in [3.8, 4) is 0 Å². The smallest absolute Gasteiger partial charge is 0.0875 e. The molecule has 1 heterocycles. The first-order valence-corrected chi connectivity index (χ1v) is 5.03. The quantitative estimate of drug-likeness (QED) is 0.481. The molecule has 0 aromatic rings. The van der Waals surface area contributed by atoms with Crippen LogP contribution in [0.2, 0.25) is 0 Å². The molecule has 4 atom stereocenters. The Labute approximate surface area is 67.1 Å². The van der Waals surface area contributed by atoms with Crippen LogP contribution in [-0.4, -0.2) is 12.2 Å². The van der Waals surface area contributed by atoms with Crippen LogP contribution in [0.1, 0.15) is 32.1 Å². The van der Waals surface area contributed by atoms with Crippen molar-refractivity contribution in [2.45, 2.75) is 44.3 Å². The summed E-state index contributed by atoms with van der Waals surface area (Å²) < 4.78 is 5.69. The van der Waals surface area contributed by atoms with Crippen molar-refractivity contribution in [3.63, 3.8) is 0 Å². The van der Waals surface area contributed by atoms with Gasteiger partial charge < -0.3 is 4.74 Å². The van der Waals surface area contributed by atoms with Gasteiger partial charge in [0.25, 0.3) is 0 Å². The van der Waals surface area contributed by atoms with Gasteiger partial charge in [0.15, 0.2) is 0 Å². The van der Waals surface area contributed by atoms with Crippen molar-refractivity contribution >= 4 is 0 Å². The summed E-state index contributed by atoms with van der Waals surface area (Å²) >= 11 is 0. The Kier molecular flexibility index (Phi) is 0.706. The van der Waals surface area contributed by atoms with E-state index in [1.165, 1.54) is 25.7 Å². The molecule has 4 rings (SSSR count). The summed E-state index contributed by atoms with van der Waals surface area (Å²) in [6.45, 7) is 0. The molecule has 1 spiro atoms. The van der Waals surface area contributed by atoms with Gasteiger partial charge in [0.05, 0.1) is 12.2 Å². The Morgan fingerprint density at radius 2 is 2.09 bits per heavy atom. The second-order valence-corrected chi connectivity index (χ2v) is 5.15. The third-order valence-corrected chi connectivity index (χ3v) is 4.55. The van der Waals surface area contributed by atoms with Gasteiger partial charge in [-0.15, -0.1) is 0 Å². The van der Waals surface area contributed by atoms with Gasteiger partial charge in [0.1, 0.15) is 0 Å². The molecule has 0 amide bonds. The highest BCUT2D eigenvalue weighted by atomic mass is 16.6. The van der Waals surface area contributed by atoms with E-state index in [0.29, 0.717) is 0 Å². The zero-order valence-electron chi connectivity index (χ0n) is 6.75. The maximum Gasteiger partial charge on any atom is 0.0875 e. The van der Waals surface area contributed by atoms with Crippen LogP contribution < -0.4 is 0 Å². The van der Waals surface area contributed by atoms with E-state index in [9.17, 15) is 0 Å². The summed E-state index contributed by atoms with van der Waals surface area (Å²) in [5, 5.41) is 0. The molecule has 0 radical (unpaired) electrons. The zero-order valence-corrected chi connectivity index (χ0v) is 6.75. The van der Waals surface area contributed by atoms with Crippen molar-refractivity contribution in [3.05, 3.63) is 0 Å². The fraction of sp³-hybridized carbons (Fsp3) is 1.00. The molecule has 0 aromatic carbocycles. The largest absolute Gasteiger partial charge is 0.369 e. The van der Waals surface area contributed by atoms with E-state index >= 15 is 0 Å². The monoisotopic (exact) mass is 150 g/mol. The van der Waals surface area contributed by atoms with Gasteiger partial charge in [0.2, 0.25) is 0 Å². The first-order chi connectivity index (χ1) is 5.37. The number of fused-ring (bicyclic) bond motifs is 5. The molecule has 1 heteroatoms. The predicted octanol–water partition coefficient (Wildman–Crippen LogP) is 1.96. The lowest BCUT2D eigenvalue weighted by Gasteiger charge is -2.16. The third kappa shape index (κ3) is 0.547. The maximum atomic E-state index is 5.69. The Bertz CT molecular complexity index is 219. The van der Waals surface area contributed by atoms with E-state index in [1.807, 2.05) is 0 Å². The molecular formula is C10H14O. The SMILES string of the molecule is C1C2C[C@H]3OC3C1C1(CC1)C2. The molecule has 11 heavy (non-hydrogen) atoms. The van der Waals surface area contributed by atoms with Gasteiger partial charge in [-0.05, 0) is 49.4 Å². The summed E-state index contributed by atoms with van der Waals surface area (Å²) in [6.07, 6.45) is 8.99. The van der Waals surface area contributed by atoms with Gasteiger partial charge in [-0.2, -0.15) is 0 Å². The van der Waals surface area contributed by atoms with E-state index in [0.717, 1.165) is 29.5 Å².